The van der Waals surface area contributed by atoms with Crippen LogP contribution in [0.15, 0.2) is 0 Å². The minimum absolute atomic E-state index is 0.340. The number of carbonyl (C=O) groups is 2. The molecule has 1 fully saturated rings. The van der Waals surface area contributed by atoms with Gasteiger partial charge in [-0.25, -0.2) is 9.59 Å². The molecule has 2 amide bonds. The molecule has 1 aromatic rings. The van der Waals surface area contributed by atoms with E-state index in [-0.39, 0.29) is 0 Å². The van der Waals surface area contributed by atoms with Crippen molar-refractivity contribution in [2.45, 2.75) is 51.6 Å². The standard InChI is InChI=1S/C14H22N4O3/c1-9-11(10(2)18(3)17-9)8-15-13(21)16-14(12(19)20)6-4-5-7-14/h4-8H2,1-3H3,(H,19,20)(H2,15,16,21). The first-order valence-electron chi connectivity index (χ1n) is 7.14. The molecule has 1 aliphatic carbocycles. The Bertz CT molecular complexity index is 559. The van der Waals surface area contributed by atoms with Crippen LogP contribution in [-0.2, 0) is 18.4 Å². The number of carbonyl (C=O) groups excluding carboxylic acids is 1. The predicted molar refractivity (Wildman–Crippen MR) is 76.9 cm³/mol. The van der Waals surface area contributed by atoms with Crippen molar-refractivity contribution in [1.29, 1.82) is 0 Å². The molecule has 1 heterocycles. The number of aliphatic carboxylic acids is 1. The third-order valence-corrected chi connectivity index (χ3v) is 4.30. The molecule has 7 heteroatoms. The van der Waals surface area contributed by atoms with E-state index < -0.39 is 17.5 Å². The Morgan fingerprint density at radius 2 is 1.95 bits per heavy atom. The summed E-state index contributed by atoms with van der Waals surface area (Å²) < 4.78 is 1.76. The van der Waals surface area contributed by atoms with Crippen molar-refractivity contribution in [3.05, 3.63) is 17.0 Å². The first kappa shape index (κ1) is 15.3. The molecule has 0 aromatic carbocycles. The lowest BCUT2D eigenvalue weighted by Crippen LogP contribution is -2.55. The lowest BCUT2D eigenvalue weighted by Gasteiger charge is -2.25. The molecule has 0 aliphatic heterocycles. The van der Waals surface area contributed by atoms with Crippen LogP contribution < -0.4 is 10.6 Å². The van der Waals surface area contributed by atoms with E-state index in [0.717, 1.165) is 29.8 Å². The second kappa shape index (κ2) is 5.75. The summed E-state index contributed by atoms with van der Waals surface area (Å²) in [6, 6.07) is -0.443. The first-order chi connectivity index (χ1) is 9.85. The van der Waals surface area contributed by atoms with Crippen LogP contribution in [-0.4, -0.2) is 32.4 Å². The highest BCUT2D eigenvalue weighted by Gasteiger charge is 2.42. The minimum atomic E-state index is -1.11. The van der Waals surface area contributed by atoms with Gasteiger partial charge in [-0.15, -0.1) is 0 Å². The number of rotatable bonds is 4. The second-order valence-electron chi connectivity index (χ2n) is 5.68. The predicted octanol–water partition coefficient (Wildman–Crippen LogP) is 1.23. The summed E-state index contributed by atoms with van der Waals surface area (Å²) in [6.45, 7) is 4.16. The molecular formula is C14H22N4O3. The van der Waals surface area contributed by atoms with Gasteiger partial charge in [0, 0.05) is 24.8 Å². The van der Waals surface area contributed by atoms with Crippen molar-refractivity contribution in [1.82, 2.24) is 20.4 Å². The molecule has 116 valence electrons. The van der Waals surface area contributed by atoms with E-state index in [1.165, 1.54) is 0 Å². The monoisotopic (exact) mass is 294 g/mol. The molecule has 1 aromatic heterocycles. The van der Waals surface area contributed by atoms with Gasteiger partial charge in [0.05, 0.1) is 5.69 Å². The number of hydrogen-bond donors (Lipinski definition) is 3. The summed E-state index contributed by atoms with van der Waals surface area (Å²) in [5.41, 5.74) is 1.71. The maximum Gasteiger partial charge on any atom is 0.329 e. The van der Waals surface area contributed by atoms with Crippen LogP contribution in [0.2, 0.25) is 0 Å². The highest BCUT2D eigenvalue weighted by atomic mass is 16.4. The molecule has 0 spiro atoms. The van der Waals surface area contributed by atoms with Gasteiger partial charge in [-0.3, -0.25) is 4.68 Å². The second-order valence-corrected chi connectivity index (χ2v) is 5.68. The lowest BCUT2D eigenvalue weighted by atomic mass is 9.98. The maximum atomic E-state index is 12.0. The van der Waals surface area contributed by atoms with Crippen molar-refractivity contribution in [3.8, 4) is 0 Å². The SMILES string of the molecule is Cc1nn(C)c(C)c1CNC(=O)NC1(C(=O)O)CCCC1. The summed E-state index contributed by atoms with van der Waals surface area (Å²) in [5.74, 6) is -0.955. The van der Waals surface area contributed by atoms with E-state index in [4.69, 9.17) is 0 Å². The molecule has 0 saturated heterocycles. The van der Waals surface area contributed by atoms with Crippen LogP contribution in [0.4, 0.5) is 4.79 Å². The Kier molecular flexibility index (Phi) is 4.20. The molecule has 0 radical (unpaired) electrons. The summed E-state index contributed by atoms with van der Waals surface area (Å²) in [6.07, 6.45) is 2.63. The van der Waals surface area contributed by atoms with Crippen LogP contribution in [0, 0.1) is 13.8 Å². The summed E-state index contributed by atoms with van der Waals surface area (Å²) in [7, 11) is 1.85. The molecule has 0 atom stereocenters. The van der Waals surface area contributed by atoms with Crippen LogP contribution in [0.25, 0.3) is 0 Å². The molecule has 0 unspecified atom stereocenters. The van der Waals surface area contributed by atoms with Gasteiger partial charge in [-0.05, 0) is 26.7 Å². The average Bonchev–Trinajstić information content (AvgIpc) is 2.96. The van der Waals surface area contributed by atoms with Crippen molar-refractivity contribution in [2.75, 3.05) is 0 Å². The number of hydrogen-bond acceptors (Lipinski definition) is 3. The van der Waals surface area contributed by atoms with Gasteiger partial charge in [0.25, 0.3) is 0 Å². The Morgan fingerprint density at radius 1 is 1.33 bits per heavy atom. The van der Waals surface area contributed by atoms with E-state index in [2.05, 4.69) is 15.7 Å². The van der Waals surface area contributed by atoms with Gasteiger partial charge in [-0.2, -0.15) is 5.10 Å². The Morgan fingerprint density at radius 3 is 2.43 bits per heavy atom. The zero-order valence-electron chi connectivity index (χ0n) is 12.7. The number of amides is 2. The minimum Gasteiger partial charge on any atom is -0.480 e. The fraction of sp³-hybridized carbons (Fsp3) is 0.643. The van der Waals surface area contributed by atoms with Crippen molar-refractivity contribution < 1.29 is 14.7 Å². The van der Waals surface area contributed by atoms with Crippen molar-refractivity contribution in [2.24, 2.45) is 7.05 Å². The zero-order chi connectivity index (χ0) is 15.6. The number of carboxylic acids is 1. The van der Waals surface area contributed by atoms with Gasteiger partial charge in [0.1, 0.15) is 5.54 Å². The quantitative estimate of drug-likeness (QED) is 0.778. The molecule has 21 heavy (non-hydrogen) atoms. The smallest absolute Gasteiger partial charge is 0.329 e. The molecule has 7 nitrogen and oxygen atoms in total. The first-order valence-corrected chi connectivity index (χ1v) is 7.14. The number of urea groups is 1. The van der Waals surface area contributed by atoms with Gasteiger partial charge >= 0.3 is 12.0 Å². The highest BCUT2D eigenvalue weighted by molar-refractivity contribution is 5.86. The number of aromatic nitrogens is 2. The Hall–Kier alpha value is -2.05. The van der Waals surface area contributed by atoms with Crippen molar-refractivity contribution >= 4 is 12.0 Å². The van der Waals surface area contributed by atoms with Gasteiger partial charge < -0.3 is 15.7 Å². The number of nitrogens with zero attached hydrogens (tertiary/aromatic N) is 2. The fourth-order valence-corrected chi connectivity index (χ4v) is 2.87. The van der Waals surface area contributed by atoms with Crippen molar-refractivity contribution in [3.63, 3.8) is 0 Å². The van der Waals surface area contributed by atoms with Crippen LogP contribution in [0.3, 0.4) is 0 Å². The Balaban J connectivity index is 1.97. The summed E-state index contributed by atoms with van der Waals surface area (Å²) >= 11 is 0. The maximum absolute atomic E-state index is 12.0. The average molecular weight is 294 g/mol. The Labute approximate surface area is 123 Å². The van der Waals surface area contributed by atoms with E-state index in [1.807, 2.05) is 20.9 Å². The normalized spacial score (nSPS) is 16.7. The topological polar surface area (TPSA) is 96.3 Å². The molecule has 1 saturated carbocycles. The van der Waals surface area contributed by atoms with Crippen LogP contribution in [0.5, 0.6) is 0 Å². The number of carboxylic acid groups (broad SMARTS) is 1. The van der Waals surface area contributed by atoms with E-state index in [9.17, 15) is 14.7 Å². The van der Waals surface area contributed by atoms with E-state index in [1.54, 1.807) is 4.68 Å². The van der Waals surface area contributed by atoms with E-state index in [0.29, 0.717) is 19.4 Å². The summed E-state index contributed by atoms with van der Waals surface area (Å²) in [4.78, 5) is 23.4. The highest BCUT2D eigenvalue weighted by Crippen LogP contribution is 2.29. The largest absolute Gasteiger partial charge is 0.480 e. The molecular weight excluding hydrogens is 272 g/mol. The molecule has 3 N–H and O–H groups in total. The van der Waals surface area contributed by atoms with Gasteiger partial charge in [0.2, 0.25) is 0 Å². The lowest BCUT2D eigenvalue weighted by molar-refractivity contribution is -0.144. The van der Waals surface area contributed by atoms with Crippen LogP contribution in [0.1, 0.15) is 42.6 Å². The molecule has 0 bridgehead atoms. The molecule has 2 rings (SSSR count). The van der Waals surface area contributed by atoms with Crippen LogP contribution >= 0.6 is 0 Å². The van der Waals surface area contributed by atoms with Gasteiger partial charge in [0.15, 0.2) is 0 Å². The van der Waals surface area contributed by atoms with E-state index >= 15 is 0 Å². The number of nitrogens with one attached hydrogen (secondary N) is 2. The zero-order valence-corrected chi connectivity index (χ0v) is 12.7. The molecule has 1 aliphatic rings. The third kappa shape index (κ3) is 3.01. The third-order valence-electron chi connectivity index (χ3n) is 4.30. The summed E-state index contributed by atoms with van der Waals surface area (Å²) in [5, 5.41) is 19.0. The number of aryl methyl sites for hydroxylation is 2. The fourth-order valence-electron chi connectivity index (χ4n) is 2.87. The van der Waals surface area contributed by atoms with Gasteiger partial charge in [-0.1, -0.05) is 12.8 Å².